The van der Waals surface area contributed by atoms with Crippen LogP contribution in [0.5, 0.6) is 5.75 Å². The zero-order chi connectivity index (χ0) is 21.4. The number of halogens is 2. The van der Waals surface area contributed by atoms with E-state index < -0.39 is 5.92 Å². The number of hydrogen-bond donors (Lipinski definition) is 1. The third-order valence-electron chi connectivity index (χ3n) is 5.03. The molecule has 4 rings (SSSR count). The molecule has 1 aliphatic heterocycles. The molecule has 3 aromatic rings. The molecule has 2 N–H and O–H groups in total. The van der Waals surface area contributed by atoms with E-state index in [-0.39, 0.29) is 34.1 Å². The Balaban J connectivity index is 1.97. The Labute approximate surface area is 182 Å². The molecule has 0 saturated carbocycles. The predicted octanol–water partition coefficient (Wildman–Crippen LogP) is 4.13. The summed E-state index contributed by atoms with van der Waals surface area (Å²) in [6.45, 7) is 2.07. The number of hydrogen-bond acceptors (Lipinski definition) is 5. The van der Waals surface area contributed by atoms with Crippen LogP contribution in [-0.4, -0.2) is 9.55 Å². The zero-order valence-electron chi connectivity index (χ0n) is 15.9. The second kappa shape index (κ2) is 7.86. The lowest BCUT2D eigenvalue weighted by atomic mass is 9.84. The van der Waals surface area contributed by atoms with Gasteiger partial charge in [0.2, 0.25) is 5.88 Å². The van der Waals surface area contributed by atoms with Crippen LogP contribution in [0.4, 0.5) is 0 Å². The van der Waals surface area contributed by atoms with Crippen molar-refractivity contribution in [2.45, 2.75) is 19.4 Å². The average molecular weight is 439 g/mol. The summed E-state index contributed by atoms with van der Waals surface area (Å²) in [5, 5.41) is 10.3. The van der Waals surface area contributed by atoms with Crippen molar-refractivity contribution in [3.63, 3.8) is 0 Å². The van der Waals surface area contributed by atoms with Crippen molar-refractivity contribution in [2.24, 2.45) is 5.73 Å². The van der Waals surface area contributed by atoms with Crippen LogP contribution in [0.25, 0.3) is 0 Å². The summed E-state index contributed by atoms with van der Waals surface area (Å²) in [6, 6.07) is 14.4. The van der Waals surface area contributed by atoms with Gasteiger partial charge >= 0.3 is 0 Å². The van der Waals surface area contributed by atoms with Crippen LogP contribution in [-0.2, 0) is 6.54 Å². The largest absolute Gasteiger partial charge is 0.440 e. The Bertz CT molecular complexity index is 1280. The number of nitriles is 1. The SMILES string of the molecule is Cc1cc2c(c(=O)n1Cc1ccccn1)C(c1cccc(Cl)c1Cl)C(C#N)=C(N)O2. The van der Waals surface area contributed by atoms with E-state index in [1.807, 2.05) is 18.2 Å². The predicted molar refractivity (Wildman–Crippen MR) is 115 cm³/mol. The first-order valence-corrected chi connectivity index (χ1v) is 9.83. The van der Waals surface area contributed by atoms with Gasteiger partial charge in [0.15, 0.2) is 0 Å². The first-order valence-electron chi connectivity index (χ1n) is 9.08. The van der Waals surface area contributed by atoms with E-state index >= 15 is 0 Å². The third kappa shape index (κ3) is 3.32. The first-order chi connectivity index (χ1) is 14.4. The Morgan fingerprint density at radius 2 is 2.07 bits per heavy atom. The highest BCUT2D eigenvalue weighted by Crippen LogP contribution is 2.44. The summed E-state index contributed by atoms with van der Waals surface area (Å²) in [7, 11) is 0. The van der Waals surface area contributed by atoms with Crippen molar-refractivity contribution in [1.29, 1.82) is 5.26 Å². The monoisotopic (exact) mass is 438 g/mol. The van der Waals surface area contributed by atoms with Gasteiger partial charge in [0.05, 0.1) is 33.8 Å². The second-order valence-corrected chi connectivity index (χ2v) is 7.63. The van der Waals surface area contributed by atoms with Crippen LogP contribution < -0.4 is 16.0 Å². The minimum Gasteiger partial charge on any atom is -0.440 e. The van der Waals surface area contributed by atoms with Gasteiger partial charge in [-0.2, -0.15) is 5.26 Å². The van der Waals surface area contributed by atoms with Gasteiger partial charge in [-0.3, -0.25) is 9.78 Å². The van der Waals surface area contributed by atoms with Crippen LogP contribution in [0, 0.1) is 18.3 Å². The Hall–Kier alpha value is -3.27. The van der Waals surface area contributed by atoms with E-state index in [9.17, 15) is 10.1 Å². The van der Waals surface area contributed by atoms with Crippen LogP contribution >= 0.6 is 23.2 Å². The molecule has 1 aliphatic rings. The fourth-order valence-corrected chi connectivity index (χ4v) is 4.01. The molecule has 0 aliphatic carbocycles. The summed E-state index contributed by atoms with van der Waals surface area (Å²) < 4.78 is 7.24. The standard InChI is InChI=1S/C22H16Cl2N4O2/c1-12-9-17-19(22(29)28(12)11-13-5-2-3-8-27-13)18(15(10-25)21(26)30-17)14-6-4-7-16(23)20(14)24/h2-9,18H,11,26H2,1H3. The van der Waals surface area contributed by atoms with Crippen LogP contribution in [0.3, 0.4) is 0 Å². The highest BCUT2D eigenvalue weighted by Gasteiger charge is 2.35. The zero-order valence-corrected chi connectivity index (χ0v) is 17.4. The summed E-state index contributed by atoms with van der Waals surface area (Å²) >= 11 is 12.7. The summed E-state index contributed by atoms with van der Waals surface area (Å²) in [5.41, 5.74) is 8.02. The number of nitrogens with zero attached hydrogens (tertiary/aromatic N) is 3. The minimum atomic E-state index is -0.798. The van der Waals surface area contributed by atoms with Gasteiger partial charge in [-0.25, -0.2) is 0 Å². The molecule has 30 heavy (non-hydrogen) atoms. The molecule has 150 valence electrons. The molecular weight excluding hydrogens is 423 g/mol. The highest BCUT2D eigenvalue weighted by atomic mass is 35.5. The number of allylic oxidation sites excluding steroid dienone is 1. The van der Waals surface area contributed by atoms with Gasteiger partial charge in [-0.1, -0.05) is 41.4 Å². The molecule has 1 atom stereocenters. The highest BCUT2D eigenvalue weighted by molar-refractivity contribution is 6.42. The van der Waals surface area contributed by atoms with Crippen molar-refractivity contribution in [3.8, 4) is 11.8 Å². The quantitative estimate of drug-likeness (QED) is 0.663. The molecule has 0 saturated heterocycles. The van der Waals surface area contributed by atoms with Gasteiger partial charge in [-0.05, 0) is 30.7 Å². The Morgan fingerprint density at radius 1 is 1.27 bits per heavy atom. The van der Waals surface area contributed by atoms with Crippen molar-refractivity contribution < 1.29 is 4.74 Å². The van der Waals surface area contributed by atoms with Crippen molar-refractivity contribution in [3.05, 3.63) is 103 Å². The average Bonchev–Trinajstić information content (AvgIpc) is 2.73. The van der Waals surface area contributed by atoms with Gasteiger partial charge in [-0.15, -0.1) is 0 Å². The van der Waals surface area contributed by atoms with Crippen molar-refractivity contribution in [1.82, 2.24) is 9.55 Å². The van der Waals surface area contributed by atoms with E-state index in [4.69, 9.17) is 33.7 Å². The number of ether oxygens (including phenoxy) is 1. The number of fused-ring (bicyclic) bond motifs is 1. The number of aromatic nitrogens is 2. The second-order valence-electron chi connectivity index (χ2n) is 6.84. The van der Waals surface area contributed by atoms with E-state index in [1.54, 1.807) is 42.0 Å². The van der Waals surface area contributed by atoms with Crippen LogP contribution in [0.2, 0.25) is 10.0 Å². The molecule has 1 aromatic carbocycles. The molecule has 6 nitrogen and oxygen atoms in total. The molecule has 0 bridgehead atoms. The third-order valence-corrected chi connectivity index (χ3v) is 5.86. The van der Waals surface area contributed by atoms with Gasteiger partial charge in [0.1, 0.15) is 17.4 Å². The molecular formula is C22H16Cl2N4O2. The number of rotatable bonds is 3. The Kier molecular flexibility index (Phi) is 5.25. The topological polar surface area (TPSA) is 93.9 Å². The maximum atomic E-state index is 13.6. The van der Waals surface area contributed by atoms with Crippen molar-refractivity contribution >= 4 is 23.2 Å². The Morgan fingerprint density at radius 3 is 2.77 bits per heavy atom. The van der Waals surface area contributed by atoms with Gasteiger partial charge < -0.3 is 15.0 Å². The minimum absolute atomic E-state index is 0.0627. The first kappa shape index (κ1) is 20.0. The summed E-state index contributed by atoms with van der Waals surface area (Å²) in [5.74, 6) is -0.562. The number of aryl methyl sites for hydroxylation is 1. The fraction of sp³-hybridized carbons (Fsp3) is 0.136. The molecule has 0 spiro atoms. The lowest BCUT2D eigenvalue weighted by molar-refractivity contribution is 0.389. The van der Waals surface area contributed by atoms with E-state index in [2.05, 4.69) is 11.1 Å². The van der Waals surface area contributed by atoms with E-state index in [0.717, 1.165) is 5.69 Å². The van der Waals surface area contributed by atoms with Crippen LogP contribution in [0.15, 0.2) is 64.9 Å². The van der Waals surface area contributed by atoms with E-state index in [1.165, 1.54) is 0 Å². The van der Waals surface area contributed by atoms with Crippen molar-refractivity contribution in [2.75, 3.05) is 0 Å². The molecule has 0 amide bonds. The molecule has 0 fully saturated rings. The summed E-state index contributed by atoms with van der Waals surface area (Å²) in [4.78, 5) is 17.9. The molecule has 3 heterocycles. The lowest BCUT2D eigenvalue weighted by Crippen LogP contribution is -2.33. The summed E-state index contributed by atoms with van der Waals surface area (Å²) in [6.07, 6.45) is 1.67. The van der Waals surface area contributed by atoms with Gasteiger partial charge in [0.25, 0.3) is 5.56 Å². The molecule has 2 aromatic heterocycles. The van der Waals surface area contributed by atoms with Gasteiger partial charge in [0, 0.05) is 18.0 Å². The number of pyridine rings is 2. The normalized spacial score (nSPS) is 15.3. The molecule has 1 unspecified atom stereocenters. The fourth-order valence-electron chi connectivity index (χ4n) is 3.59. The number of benzene rings is 1. The molecule has 8 heteroatoms. The number of nitrogens with two attached hydrogens (primary N) is 1. The maximum absolute atomic E-state index is 13.6. The van der Waals surface area contributed by atoms with Crippen LogP contribution in [0.1, 0.15) is 28.4 Å². The lowest BCUT2D eigenvalue weighted by Gasteiger charge is -2.28. The molecule has 0 radical (unpaired) electrons. The smallest absolute Gasteiger partial charge is 0.259 e. The maximum Gasteiger partial charge on any atom is 0.259 e. The van der Waals surface area contributed by atoms with E-state index in [0.29, 0.717) is 22.0 Å².